The Morgan fingerprint density at radius 2 is 1.72 bits per heavy atom. The van der Waals surface area contributed by atoms with Crippen molar-refractivity contribution in [1.29, 1.82) is 0 Å². The lowest BCUT2D eigenvalue weighted by atomic mass is 9.48. The van der Waals surface area contributed by atoms with Crippen molar-refractivity contribution in [3.63, 3.8) is 0 Å². The average molecular weight is 447 g/mol. The fraction of sp³-hybridized carbons (Fsp3) is 0.857. The van der Waals surface area contributed by atoms with E-state index < -0.39 is 12.2 Å². The molecule has 3 fully saturated rings. The topological polar surface area (TPSA) is 80.9 Å². The molecule has 0 aromatic carbocycles. The van der Waals surface area contributed by atoms with Crippen LogP contribution in [-0.2, 0) is 0 Å². The van der Waals surface area contributed by atoms with Crippen molar-refractivity contribution in [1.82, 2.24) is 0 Å². The Balaban J connectivity index is 1.63. The van der Waals surface area contributed by atoms with Gasteiger partial charge in [0.25, 0.3) is 0 Å². The minimum atomic E-state index is -0.416. The number of allylic oxidation sites excluding steroid dienone is 2. The van der Waals surface area contributed by atoms with Crippen LogP contribution in [0.4, 0.5) is 0 Å². The molecule has 0 saturated heterocycles. The first-order chi connectivity index (χ1) is 15.0. The second-order valence-electron chi connectivity index (χ2n) is 12.4. The van der Waals surface area contributed by atoms with Gasteiger partial charge in [0, 0.05) is 6.61 Å². The molecule has 4 aliphatic rings. The van der Waals surface area contributed by atoms with Gasteiger partial charge in [0.2, 0.25) is 0 Å². The van der Waals surface area contributed by atoms with E-state index in [9.17, 15) is 20.4 Å². The molecule has 4 heteroatoms. The first-order valence-electron chi connectivity index (χ1n) is 13.1. The summed E-state index contributed by atoms with van der Waals surface area (Å²) in [6.45, 7) is 11.4. The minimum absolute atomic E-state index is 0.0159. The van der Waals surface area contributed by atoms with Crippen molar-refractivity contribution < 1.29 is 20.4 Å². The van der Waals surface area contributed by atoms with Gasteiger partial charge < -0.3 is 20.4 Å². The summed E-state index contributed by atoms with van der Waals surface area (Å²) < 4.78 is 0. The summed E-state index contributed by atoms with van der Waals surface area (Å²) in [7, 11) is 0. The molecule has 0 spiro atoms. The molecule has 0 bridgehead atoms. The van der Waals surface area contributed by atoms with Gasteiger partial charge in [0.05, 0.1) is 18.3 Å². The lowest BCUT2D eigenvalue weighted by molar-refractivity contribution is -0.0965. The Hall–Kier alpha value is -0.680. The summed E-state index contributed by atoms with van der Waals surface area (Å²) in [4.78, 5) is 0. The van der Waals surface area contributed by atoms with Crippen LogP contribution in [0.2, 0.25) is 0 Å². The zero-order valence-electron chi connectivity index (χ0n) is 20.8. The predicted molar refractivity (Wildman–Crippen MR) is 128 cm³/mol. The third-order valence-electron chi connectivity index (χ3n) is 10.6. The number of rotatable bonds is 5. The fourth-order valence-corrected chi connectivity index (χ4v) is 8.26. The summed E-state index contributed by atoms with van der Waals surface area (Å²) in [5, 5.41) is 42.2. The first kappa shape index (κ1) is 24.4. The highest BCUT2D eigenvalue weighted by atomic mass is 16.3. The molecule has 0 aliphatic heterocycles. The molecule has 32 heavy (non-hydrogen) atoms. The van der Waals surface area contributed by atoms with E-state index in [0.29, 0.717) is 36.5 Å². The van der Waals surface area contributed by atoms with Gasteiger partial charge >= 0.3 is 0 Å². The first-order valence-corrected chi connectivity index (χ1v) is 13.1. The maximum atomic E-state index is 11.3. The molecule has 0 radical (unpaired) electrons. The van der Waals surface area contributed by atoms with Crippen molar-refractivity contribution in [3.8, 4) is 0 Å². The molecule has 3 saturated carbocycles. The highest BCUT2D eigenvalue weighted by molar-refractivity contribution is 5.38. The van der Waals surface area contributed by atoms with E-state index in [-0.39, 0.29) is 35.4 Å². The van der Waals surface area contributed by atoms with Crippen LogP contribution in [0.1, 0.15) is 79.6 Å². The molecule has 0 amide bonds. The summed E-state index contributed by atoms with van der Waals surface area (Å²) >= 11 is 0. The Labute approximate surface area is 194 Å². The number of hydrogen-bond acceptors (Lipinski definition) is 4. The second-order valence-corrected chi connectivity index (χ2v) is 12.4. The van der Waals surface area contributed by atoms with Gasteiger partial charge in [-0.3, -0.25) is 0 Å². The predicted octanol–water partition coefficient (Wildman–Crippen LogP) is 4.47. The maximum absolute atomic E-state index is 11.3. The molecule has 0 aromatic heterocycles. The van der Waals surface area contributed by atoms with E-state index in [1.54, 1.807) is 0 Å². The van der Waals surface area contributed by atoms with Gasteiger partial charge in [-0.15, -0.1) is 0 Å². The molecule has 4 N–H and O–H groups in total. The van der Waals surface area contributed by atoms with E-state index in [1.807, 2.05) is 0 Å². The molecule has 4 rings (SSSR count). The highest BCUT2D eigenvalue weighted by Gasteiger charge is 2.59. The van der Waals surface area contributed by atoms with Crippen molar-refractivity contribution in [2.45, 2.75) is 97.9 Å². The van der Waals surface area contributed by atoms with Gasteiger partial charge in [-0.05, 0) is 96.9 Å². The van der Waals surface area contributed by atoms with Crippen LogP contribution in [0.3, 0.4) is 0 Å². The van der Waals surface area contributed by atoms with Crippen molar-refractivity contribution >= 4 is 0 Å². The fourth-order valence-electron chi connectivity index (χ4n) is 8.26. The molecule has 4 nitrogen and oxygen atoms in total. The quantitative estimate of drug-likeness (QED) is 0.470. The zero-order chi connectivity index (χ0) is 23.4. The van der Waals surface area contributed by atoms with Gasteiger partial charge in [-0.25, -0.2) is 0 Å². The SMILES string of the molecule is C[C@H](/C=C/[C@@H](C)[C@H]1C[C@@H](O)C2=C3C[C@H](O)C4C[C@@H](O)CC[C@]4(C)[C@H]3CC[C@@]21C)[C@H](C)CO. The van der Waals surface area contributed by atoms with Crippen molar-refractivity contribution in [2.75, 3.05) is 6.61 Å². The Bertz CT molecular complexity index is 759. The van der Waals surface area contributed by atoms with Gasteiger partial charge in [0.15, 0.2) is 0 Å². The molecular formula is C28H46O4. The molecule has 0 aromatic rings. The second kappa shape index (κ2) is 8.83. The van der Waals surface area contributed by atoms with E-state index >= 15 is 0 Å². The van der Waals surface area contributed by atoms with Crippen LogP contribution in [0.25, 0.3) is 0 Å². The normalized spacial score (nSPS) is 47.0. The molecule has 0 heterocycles. The Morgan fingerprint density at radius 3 is 2.41 bits per heavy atom. The van der Waals surface area contributed by atoms with Crippen LogP contribution >= 0.6 is 0 Å². The smallest absolute Gasteiger partial charge is 0.0761 e. The van der Waals surface area contributed by atoms with Gasteiger partial charge in [-0.1, -0.05) is 52.3 Å². The number of aliphatic hydroxyl groups excluding tert-OH is 4. The maximum Gasteiger partial charge on any atom is 0.0761 e. The van der Waals surface area contributed by atoms with Crippen molar-refractivity contribution in [2.24, 2.45) is 46.3 Å². The zero-order valence-corrected chi connectivity index (χ0v) is 20.8. The summed E-state index contributed by atoms with van der Waals surface area (Å²) in [5.41, 5.74) is 2.62. The minimum Gasteiger partial charge on any atom is -0.396 e. The van der Waals surface area contributed by atoms with Gasteiger partial charge in [-0.2, -0.15) is 0 Å². The Kier molecular flexibility index (Phi) is 6.75. The molecule has 4 aliphatic carbocycles. The van der Waals surface area contributed by atoms with Crippen LogP contribution in [-0.4, -0.2) is 45.3 Å². The lowest BCUT2D eigenvalue weighted by Gasteiger charge is -2.58. The van der Waals surface area contributed by atoms with E-state index in [1.165, 1.54) is 11.1 Å². The van der Waals surface area contributed by atoms with Crippen molar-refractivity contribution in [3.05, 3.63) is 23.3 Å². The van der Waals surface area contributed by atoms with Gasteiger partial charge in [0.1, 0.15) is 0 Å². The van der Waals surface area contributed by atoms with E-state index in [4.69, 9.17) is 0 Å². The average Bonchev–Trinajstić information content (AvgIpc) is 3.03. The van der Waals surface area contributed by atoms with Crippen LogP contribution in [0.5, 0.6) is 0 Å². The van der Waals surface area contributed by atoms with E-state index in [2.05, 4.69) is 46.8 Å². The summed E-state index contributed by atoms with van der Waals surface area (Å²) in [6, 6.07) is 0. The Morgan fingerprint density at radius 1 is 1.00 bits per heavy atom. The molecular weight excluding hydrogens is 400 g/mol. The third kappa shape index (κ3) is 3.83. The highest BCUT2D eigenvalue weighted by Crippen LogP contribution is 2.65. The van der Waals surface area contributed by atoms with Crippen LogP contribution in [0, 0.1) is 46.3 Å². The van der Waals surface area contributed by atoms with Crippen LogP contribution in [0.15, 0.2) is 23.3 Å². The third-order valence-corrected chi connectivity index (χ3v) is 10.6. The lowest BCUT2D eigenvalue weighted by Crippen LogP contribution is -2.53. The number of fused-ring (bicyclic) bond motifs is 4. The van der Waals surface area contributed by atoms with E-state index in [0.717, 1.165) is 32.1 Å². The number of aliphatic hydroxyl groups is 4. The summed E-state index contributed by atoms with van der Waals surface area (Å²) in [6.07, 6.45) is 9.66. The monoisotopic (exact) mass is 446 g/mol. The van der Waals surface area contributed by atoms with Crippen LogP contribution < -0.4 is 0 Å². The number of hydrogen-bond donors (Lipinski definition) is 4. The molecule has 182 valence electrons. The summed E-state index contributed by atoms with van der Waals surface area (Å²) in [5.74, 6) is 1.93. The largest absolute Gasteiger partial charge is 0.396 e. The molecule has 1 unspecified atom stereocenters. The molecule has 11 atom stereocenters. The standard InChI is InChI=1S/C28H46O4/c1-16(18(3)15-29)6-7-17(2)22-14-25(32)26-20-13-24(31)23-12-19(30)8-10-27(23,4)21(20)9-11-28(22,26)5/h6-7,16-19,21-25,29-32H,8-15H2,1-5H3/b7-6+/t16-,17-,18-,19+,21+,22-,23?,24+,25-,27-,28-/m1/s1.